The average molecular weight is 473 g/mol. The molecule has 0 amide bonds. The molecular weight excluding hydrogens is 420 g/mol. The predicted octanol–water partition coefficient (Wildman–Crippen LogP) is 7.11. The van der Waals surface area contributed by atoms with Gasteiger partial charge in [-0.05, 0) is 103 Å². The number of aliphatic hydroxyl groups is 2. The summed E-state index contributed by atoms with van der Waals surface area (Å²) in [7, 11) is 0. The van der Waals surface area contributed by atoms with E-state index >= 15 is 0 Å². The molecule has 1 aliphatic heterocycles. The molecule has 1 saturated heterocycles. The van der Waals surface area contributed by atoms with E-state index in [9.17, 15) is 10.2 Å². The number of rotatable bonds is 3. The molecular formula is C31H52O3. The van der Waals surface area contributed by atoms with E-state index in [1.807, 2.05) is 5.57 Å². The Balaban J connectivity index is 1.45. The summed E-state index contributed by atoms with van der Waals surface area (Å²) in [5.74, 6) is 2.47. The Kier molecular flexibility index (Phi) is 5.99. The monoisotopic (exact) mass is 472 g/mol. The summed E-state index contributed by atoms with van der Waals surface area (Å²) in [5, 5.41) is 21.4. The molecule has 2 N–H and O–H groups in total. The Labute approximate surface area is 209 Å². The lowest BCUT2D eigenvalue weighted by atomic mass is 9.43. The molecule has 3 fully saturated rings. The van der Waals surface area contributed by atoms with Gasteiger partial charge in [-0.2, -0.15) is 0 Å². The molecule has 0 bridgehead atoms. The molecule has 2 unspecified atom stereocenters. The van der Waals surface area contributed by atoms with Gasteiger partial charge in [0.25, 0.3) is 0 Å². The lowest BCUT2D eigenvalue weighted by Gasteiger charge is -2.62. The number of fused-ring (bicyclic) bond motifs is 4. The number of allylic oxidation sites excluding steroid dienone is 2. The van der Waals surface area contributed by atoms with E-state index in [0.717, 1.165) is 19.3 Å². The third-order valence-corrected chi connectivity index (χ3v) is 13.1. The molecule has 0 aromatic rings. The van der Waals surface area contributed by atoms with Gasteiger partial charge < -0.3 is 14.9 Å². The molecule has 34 heavy (non-hydrogen) atoms. The van der Waals surface area contributed by atoms with Crippen LogP contribution in [-0.2, 0) is 4.74 Å². The third-order valence-electron chi connectivity index (χ3n) is 13.1. The van der Waals surface area contributed by atoms with Crippen molar-refractivity contribution in [3.05, 3.63) is 11.1 Å². The topological polar surface area (TPSA) is 49.7 Å². The molecule has 4 aliphatic carbocycles. The van der Waals surface area contributed by atoms with Crippen LogP contribution in [-0.4, -0.2) is 28.7 Å². The zero-order chi connectivity index (χ0) is 24.8. The van der Waals surface area contributed by atoms with Crippen molar-refractivity contribution in [1.29, 1.82) is 0 Å². The summed E-state index contributed by atoms with van der Waals surface area (Å²) < 4.78 is 6.21. The van der Waals surface area contributed by atoms with Crippen LogP contribution in [0.15, 0.2) is 11.1 Å². The van der Waals surface area contributed by atoms with Gasteiger partial charge in [-0.25, -0.2) is 0 Å². The molecule has 0 radical (unpaired) electrons. The van der Waals surface area contributed by atoms with Crippen molar-refractivity contribution in [1.82, 2.24) is 0 Å². The van der Waals surface area contributed by atoms with E-state index in [1.54, 1.807) is 5.57 Å². The van der Waals surface area contributed by atoms with E-state index < -0.39 is 6.29 Å². The van der Waals surface area contributed by atoms with E-state index in [1.165, 1.54) is 38.5 Å². The van der Waals surface area contributed by atoms with Crippen LogP contribution in [0.4, 0.5) is 0 Å². The van der Waals surface area contributed by atoms with Crippen molar-refractivity contribution >= 4 is 0 Å². The van der Waals surface area contributed by atoms with E-state index in [-0.39, 0.29) is 34.4 Å². The fraction of sp³-hybridized carbons (Fsp3) is 0.935. The van der Waals surface area contributed by atoms with Crippen LogP contribution in [0.2, 0.25) is 0 Å². The predicted molar refractivity (Wildman–Crippen MR) is 138 cm³/mol. The van der Waals surface area contributed by atoms with Gasteiger partial charge in [0.05, 0.1) is 12.2 Å². The first-order valence-corrected chi connectivity index (χ1v) is 14.5. The van der Waals surface area contributed by atoms with Crippen molar-refractivity contribution in [2.75, 3.05) is 0 Å². The van der Waals surface area contributed by atoms with Crippen LogP contribution >= 0.6 is 0 Å². The zero-order valence-electron chi connectivity index (χ0n) is 23.3. The first-order valence-electron chi connectivity index (χ1n) is 14.5. The van der Waals surface area contributed by atoms with Gasteiger partial charge in [0.2, 0.25) is 0 Å². The molecule has 0 aromatic heterocycles. The second-order valence-electron chi connectivity index (χ2n) is 14.8. The number of hydrogen-bond acceptors (Lipinski definition) is 3. The van der Waals surface area contributed by atoms with Crippen LogP contribution in [0.1, 0.15) is 113 Å². The molecule has 5 aliphatic rings. The maximum Gasteiger partial charge on any atom is 0.158 e. The van der Waals surface area contributed by atoms with Crippen molar-refractivity contribution in [3.8, 4) is 0 Å². The Morgan fingerprint density at radius 2 is 1.56 bits per heavy atom. The van der Waals surface area contributed by atoms with Crippen LogP contribution < -0.4 is 0 Å². The van der Waals surface area contributed by atoms with Crippen molar-refractivity contribution in [2.45, 2.75) is 132 Å². The fourth-order valence-electron chi connectivity index (χ4n) is 10.5. The minimum Gasteiger partial charge on any atom is -0.393 e. The van der Waals surface area contributed by atoms with Crippen LogP contribution in [0.3, 0.4) is 0 Å². The molecule has 3 heteroatoms. The lowest BCUT2D eigenvalue weighted by Crippen LogP contribution is -2.55. The summed E-state index contributed by atoms with van der Waals surface area (Å²) in [5.41, 5.74) is 4.46. The highest BCUT2D eigenvalue weighted by molar-refractivity contribution is 5.38. The molecule has 0 aromatic carbocycles. The minimum atomic E-state index is -0.589. The maximum atomic E-state index is 10.9. The first kappa shape index (κ1) is 25.3. The second kappa shape index (κ2) is 8.06. The molecule has 0 spiro atoms. The first-order chi connectivity index (χ1) is 15.8. The van der Waals surface area contributed by atoms with Crippen LogP contribution in [0, 0.1) is 51.2 Å². The van der Waals surface area contributed by atoms with E-state index in [0.29, 0.717) is 29.1 Å². The van der Waals surface area contributed by atoms with Crippen molar-refractivity contribution < 1.29 is 14.9 Å². The molecule has 3 nitrogen and oxygen atoms in total. The van der Waals surface area contributed by atoms with Crippen molar-refractivity contribution in [2.24, 2.45) is 51.2 Å². The zero-order valence-corrected chi connectivity index (χ0v) is 23.3. The van der Waals surface area contributed by atoms with Gasteiger partial charge in [0.1, 0.15) is 0 Å². The van der Waals surface area contributed by atoms with E-state index in [2.05, 4.69) is 55.4 Å². The number of aliphatic hydroxyl groups excluding tert-OH is 2. The highest BCUT2D eigenvalue weighted by Gasteiger charge is 2.64. The largest absolute Gasteiger partial charge is 0.393 e. The maximum absolute atomic E-state index is 10.9. The van der Waals surface area contributed by atoms with Gasteiger partial charge in [0, 0.05) is 5.92 Å². The average Bonchev–Trinajstić information content (AvgIpc) is 3.28. The number of ether oxygens (including phenoxy) is 1. The summed E-state index contributed by atoms with van der Waals surface area (Å²) >= 11 is 0. The lowest BCUT2D eigenvalue weighted by molar-refractivity contribution is -0.134. The number of hydrogen-bond donors (Lipinski definition) is 2. The molecule has 5 rings (SSSR count). The minimum absolute atomic E-state index is 0.00745. The Hall–Kier alpha value is -0.380. The highest BCUT2D eigenvalue weighted by atomic mass is 16.6. The van der Waals surface area contributed by atoms with Gasteiger partial charge in [0.15, 0.2) is 6.29 Å². The highest BCUT2D eigenvalue weighted by Crippen LogP contribution is 2.72. The normalized spacial score (nSPS) is 51.3. The van der Waals surface area contributed by atoms with Gasteiger partial charge >= 0.3 is 0 Å². The Bertz CT molecular complexity index is 844. The van der Waals surface area contributed by atoms with Gasteiger partial charge in [-0.3, -0.25) is 0 Å². The summed E-state index contributed by atoms with van der Waals surface area (Å²) in [6.07, 6.45) is 10.1. The van der Waals surface area contributed by atoms with E-state index in [4.69, 9.17) is 4.74 Å². The molecule has 194 valence electrons. The molecule has 2 saturated carbocycles. The summed E-state index contributed by atoms with van der Waals surface area (Å²) in [4.78, 5) is 0. The quantitative estimate of drug-likeness (QED) is 0.430. The van der Waals surface area contributed by atoms with Crippen LogP contribution in [0.5, 0.6) is 0 Å². The Morgan fingerprint density at radius 3 is 2.21 bits per heavy atom. The molecule has 1 heterocycles. The SMILES string of the molecule is CC(C)C1C[C@@H]([C@@H](C)[C@H]2CC[C@@]3(C)C4=C(CC[C@]23C)[C@@]2(C)CC[C@H](O)C(C)(C)[C@@H]2CC4)OC1O. The standard InChI is InChI=1S/C31H52O3/c1-18(2)20-17-24(34-27(20)33)19(3)21-11-15-31(8)23-9-10-25-28(4,5)26(32)13-14-29(25,6)22(23)12-16-30(21,31)7/h18-21,24-27,32-33H,9-17H2,1-8H3/t19-,20?,21+,24-,25-,26-,27?,29+,30+,31-/m0/s1. The summed E-state index contributed by atoms with van der Waals surface area (Å²) in [6.45, 7) is 19.3. The smallest absolute Gasteiger partial charge is 0.158 e. The Morgan fingerprint density at radius 1 is 0.853 bits per heavy atom. The molecule has 10 atom stereocenters. The second-order valence-corrected chi connectivity index (χ2v) is 14.8. The van der Waals surface area contributed by atoms with Gasteiger partial charge in [-0.15, -0.1) is 0 Å². The third kappa shape index (κ3) is 3.24. The van der Waals surface area contributed by atoms with Crippen molar-refractivity contribution in [3.63, 3.8) is 0 Å². The summed E-state index contributed by atoms with van der Waals surface area (Å²) in [6, 6.07) is 0. The fourth-order valence-corrected chi connectivity index (χ4v) is 10.5. The van der Waals surface area contributed by atoms with Gasteiger partial charge in [-0.1, -0.05) is 66.5 Å². The van der Waals surface area contributed by atoms with Crippen LogP contribution in [0.25, 0.3) is 0 Å².